The van der Waals surface area contributed by atoms with Crippen molar-refractivity contribution in [3.05, 3.63) is 0 Å². The summed E-state index contributed by atoms with van der Waals surface area (Å²) >= 11 is 1.09. The Labute approximate surface area is 117 Å². The molecule has 0 spiro atoms. The van der Waals surface area contributed by atoms with E-state index in [2.05, 4.69) is 4.65 Å². The van der Waals surface area contributed by atoms with Crippen LogP contribution in [0.25, 0.3) is 0 Å². The number of hydrogen-bond donors (Lipinski definition) is 1. The lowest BCUT2D eigenvalue weighted by molar-refractivity contribution is -0.0876. The Balaban J connectivity index is 0.000000321. The second-order valence-corrected chi connectivity index (χ2v) is 6.91. The third-order valence-corrected chi connectivity index (χ3v) is 4.67. The van der Waals surface area contributed by atoms with Crippen LogP contribution in [-0.2, 0) is 13.0 Å². The molecule has 1 aliphatic heterocycles. The lowest BCUT2D eigenvalue weighted by atomic mass is 9.89. The maximum atomic E-state index is 9.34. The Morgan fingerprint density at radius 3 is 1.39 bits per heavy atom. The third-order valence-electron chi connectivity index (χ3n) is 3.70. The Kier molecular flexibility index (Phi) is 5.79. The standard InChI is InChI=1S/C6H13BO2.C6H12O2S/c1-5(2,8)6(3,4)9-7;1-5(2)6(3,4)8-9-7-5/h8H,1-4H3;1-4H3. The molecule has 1 fully saturated rings. The monoisotopic (exact) mass is 276 g/mol. The Bertz CT molecular complexity index is 255. The average molecular weight is 276 g/mol. The highest BCUT2D eigenvalue weighted by atomic mass is 32.2. The zero-order valence-corrected chi connectivity index (χ0v) is 13.5. The molecule has 0 aromatic rings. The Morgan fingerprint density at radius 1 is 1.00 bits per heavy atom. The first-order valence-corrected chi connectivity index (χ1v) is 6.57. The minimum atomic E-state index is -0.901. The van der Waals surface area contributed by atoms with Gasteiger partial charge in [-0.1, -0.05) is 0 Å². The van der Waals surface area contributed by atoms with Crippen LogP contribution in [0.5, 0.6) is 0 Å². The van der Waals surface area contributed by atoms with E-state index in [0.717, 1.165) is 12.3 Å². The van der Waals surface area contributed by atoms with Crippen LogP contribution >= 0.6 is 12.3 Å². The van der Waals surface area contributed by atoms with E-state index in [-0.39, 0.29) is 11.2 Å². The summed E-state index contributed by atoms with van der Waals surface area (Å²) in [6.45, 7) is 14.8. The number of rotatable bonds is 2. The summed E-state index contributed by atoms with van der Waals surface area (Å²) in [6, 6.07) is 0. The molecule has 18 heavy (non-hydrogen) atoms. The molecule has 0 aromatic carbocycles. The minimum absolute atomic E-state index is 0.169. The van der Waals surface area contributed by atoms with E-state index >= 15 is 0 Å². The predicted octanol–water partition coefficient (Wildman–Crippen LogP) is 2.79. The van der Waals surface area contributed by atoms with Gasteiger partial charge in [0.15, 0.2) is 12.3 Å². The molecule has 2 radical (unpaired) electrons. The molecule has 0 unspecified atom stereocenters. The van der Waals surface area contributed by atoms with Gasteiger partial charge in [0.2, 0.25) is 0 Å². The minimum Gasteiger partial charge on any atom is -0.440 e. The van der Waals surface area contributed by atoms with E-state index in [9.17, 15) is 5.11 Å². The van der Waals surface area contributed by atoms with Crippen molar-refractivity contribution in [2.75, 3.05) is 0 Å². The molecule has 4 nitrogen and oxygen atoms in total. The molecule has 6 heteroatoms. The van der Waals surface area contributed by atoms with Crippen molar-refractivity contribution in [2.45, 2.75) is 77.8 Å². The highest BCUT2D eigenvalue weighted by Crippen LogP contribution is 2.42. The smallest absolute Gasteiger partial charge is 0.283 e. The third kappa shape index (κ3) is 4.42. The van der Waals surface area contributed by atoms with Gasteiger partial charge in [0.05, 0.1) is 11.2 Å². The largest absolute Gasteiger partial charge is 0.440 e. The molecule has 1 N–H and O–H groups in total. The van der Waals surface area contributed by atoms with Crippen LogP contribution in [0.3, 0.4) is 0 Å². The van der Waals surface area contributed by atoms with E-state index in [1.165, 1.54) is 0 Å². The van der Waals surface area contributed by atoms with Gasteiger partial charge in [0.25, 0.3) is 8.05 Å². The topological polar surface area (TPSA) is 47.9 Å². The molecule has 1 rings (SSSR count). The van der Waals surface area contributed by atoms with Gasteiger partial charge in [0.1, 0.15) is 11.2 Å². The second-order valence-electron chi connectivity index (χ2n) is 6.44. The van der Waals surface area contributed by atoms with Crippen LogP contribution in [0.1, 0.15) is 55.4 Å². The van der Waals surface area contributed by atoms with Crippen molar-refractivity contribution < 1.29 is 18.1 Å². The second kappa shape index (κ2) is 5.71. The van der Waals surface area contributed by atoms with Gasteiger partial charge in [-0.15, -0.1) is 0 Å². The summed E-state index contributed by atoms with van der Waals surface area (Å²) in [7, 11) is 4.93. The molecule has 0 amide bonds. The molecular weight excluding hydrogens is 251 g/mol. The maximum Gasteiger partial charge on any atom is 0.283 e. The number of aliphatic hydroxyl groups is 1. The Hall–Kier alpha value is 0.255. The molecule has 0 bridgehead atoms. The quantitative estimate of drug-likeness (QED) is 0.620. The maximum absolute atomic E-state index is 9.34. The normalized spacial score (nSPS) is 22.3. The van der Waals surface area contributed by atoms with E-state index in [1.807, 2.05) is 27.7 Å². The van der Waals surface area contributed by atoms with Crippen LogP contribution in [0.15, 0.2) is 0 Å². The van der Waals surface area contributed by atoms with Crippen molar-refractivity contribution in [1.82, 2.24) is 0 Å². The summed E-state index contributed by atoms with van der Waals surface area (Å²) in [6.07, 6.45) is 0. The SMILES string of the molecule is CC1(C)OSOC1(C)C.[B]OC(C)(C)C(C)(C)O. The Morgan fingerprint density at radius 2 is 1.33 bits per heavy atom. The van der Waals surface area contributed by atoms with Crippen molar-refractivity contribution in [2.24, 2.45) is 0 Å². The van der Waals surface area contributed by atoms with Gasteiger partial charge >= 0.3 is 0 Å². The van der Waals surface area contributed by atoms with E-state index in [0.29, 0.717) is 0 Å². The fourth-order valence-electron chi connectivity index (χ4n) is 0.532. The van der Waals surface area contributed by atoms with Crippen LogP contribution in [0, 0.1) is 0 Å². The number of hydrogen-bond acceptors (Lipinski definition) is 5. The van der Waals surface area contributed by atoms with Crippen molar-refractivity contribution >= 4 is 20.4 Å². The molecular formula is C12H25BO4S. The first-order valence-electron chi connectivity index (χ1n) is 5.91. The van der Waals surface area contributed by atoms with Crippen LogP contribution in [0.4, 0.5) is 0 Å². The van der Waals surface area contributed by atoms with Gasteiger partial charge in [0, 0.05) is 0 Å². The van der Waals surface area contributed by atoms with Crippen LogP contribution in [0.2, 0.25) is 0 Å². The summed E-state index contributed by atoms with van der Waals surface area (Å²) in [5, 5.41) is 9.34. The summed E-state index contributed by atoms with van der Waals surface area (Å²) in [4.78, 5) is 0. The summed E-state index contributed by atoms with van der Waals surface area (Å²) < 4.78 is 15.1. The van der Waals surface area contributed by atoms with E-state index in [4.69, 9.17) is 16.4 Å². The first-order chi connectivity index (χ1) is 7.77. The van der Waals surface area contributed by atoms with Gasteiger partial charge in [-0.2, -0.15) is 0 Å². The highest BCUT2D eigenvalue weighted by Gasteiger charge is 2.46. The van der Waals surface area contributed by atoms with E-state index in [1.54, 1.807) is 27.7 Å². The van der Waals surface area contributed by atoms with Crippen LogP contribution < -0.4 is 0 Å². The molecule has 0 aliphatic carbocycles. The lowest BCUT2D eigenvalue weighted by Crippen LogP contribution is -2.46. The van der Waals surface area contributed by atoms with Gasteiger partial charge in [-0.3, -0.25) is 8.37 Å². The zero-order valence-electron chi connectivity index (χ0n) is 12.7. The van der Waals surface area contributed by atoms with Gasteiger partial charge in [-0.05, 0) is 55.4 Å². The summed E-state index contributed by atoms with van der Waals surface area (Å²) in [5.74, 6) is 0. The molecule has 0 aromatic heterocycles. The lowest BCUT2D eigenvalue weighted by Gasteiger charge is -2.36. The van der Waals surface area contributed by atoms with E-state index < -0.39 is 11.2 Å². The fraction of sp³-hybridized carbons (Fsp3) is 1.00. The zero-order chi connectivity index (χ0) is 14.8. The summed E-state index contributed by atoms with van der Waals surface area (Å²) in [5.41, 5.74) is -1.93. The van der Waals surface area contributed by atoms with Crippen molar-refractivity contribution in [1.29, 1.82) is 0 Å². The van der Waals surface area contributed by atoms with Crippen molar-refractivity contribution in [3.8, 4) is 0 Å². The van der Waals surface area contributed by atoms with Gasteiger partial charge in [-0.25, -0.2) is 0 Å². The first kappa shape index (κ1) is 18.3. The molecule has 106 valence electrons. The molecule has 0 atom stereocenters. The molecule has 1 heterocycles. The average Bonchev–Trinajstić information content (AvgIpc) is 2.38. The fourth-order valence-corrected chi connectivity index (χ4v) is 1.31. The van der Waals surface area contributed by atoms with Crippen LogP contribution in [-0.4, -0.2) is 35.6 Å². The van der Waals surface area contributed by atoms with Crippen molar-refractivity contribution in [3.63, 3.8) is 0 Å². The predicted molar refractivity (Wildman–Crippen MR) is 75.1 cm³/mol. The van der Waals surface area contributed by atoms with Gasteiger partial charge < -0.3 is 9.76 Å². The molecule has 1 aliphatic rings. The highest BCUT2D eigenvalue weighted by molar-refractivity contribution is 7.90. The molecule has 0 saturated carbocycles. The molecule has 1 saturated heterocycles.